The largest absolute Gasteiger partial charge is 0.416 e. The standard InChI is InChI=1S/C16H14F3N3O2S/c1-11(13-3-5-14(6-4-13)16(17,18)19)22(2)25(23,24)15-7-12(8-20)9-21-10-15/h3-7,9-11H,1-2H3/t11-/m1/s1. The molecule has 0 unspecified atom stereocenters. The van der Waals surface area contributed by atoms with E-state index in [2.05, 4.69) is 4.98 Å². The van der Waals surface area contributed by atoms with Crippen LogP contribution in [0.15, 0.2) is 47.6 Å². The molecule has 2 aromatic rings. The van der Waals surface area contributed by atoms with Gasteiger partial charge in [-0.3, -0.25) is 4.98 Å². The Bertz CT molecular complexity index is 903. The Balaban J connectivity index is 2.32. The molecule has 25 heavy (non-hydrogen) atoms. The topological polar surface area (TPSA) is 74.1 Å². The molecule has 0 spiro atoms. The predicted molar refractivity (Wildman–Crippen MR) is 83.8 cm³/mol. The van der Waals surface area contributed by atoms with Crippen LogP contribution in [0.4, 0.5) is 13.2 Å². The Morgan fingerprint density at radius 3 is 2.32 bits per heavy atom. The summed E-state index contributed by atoms with van der Waals surface area (Å²) >= 11 is 0. The van der Waals surface area contributed by atoms with Crippen molar-refractivity contribution in [2.75, 3.05) is 7.05 Å². The van der Waals surface area contributed by atoms with E-state index in [1.165, 1.54) is 31.4 Å². The Morgan fingerprint density at radius 1 is 1.20 bits per heavy atom. The van der Waals surface area contributed by atoms with Gasteiger partial charge in [0.1, 0.15) is 11.0 Å². The van der Waals surface area contributed by atoms with E-state index in [-0.39, 0.29) is 10.5 Å². The van der Waals surface area contributed by atoms with Crippen molar-refractivity contribution in [3.8, 4) is 6.07 Å². The van der Waals surface area contributed by atoms with Crippen LogP contribution in [0.2, 0.25) is 0 Å². The third-order valence-corrected chi connectivity index (χ3v) is 5.68. The number of aromatic nitrogens is 1. The fourth-order valence-electron chi connectivity index (χ4n) is 2.16. The fourth-order valence-corrected chi connectivity index (χ4v) is 3.50. The number of halogens is 3. The van der Waals surface area contributed by atoms with E-state index in [1.54, 1.807) is 6.92 Å². The summed E-state index contributed by atoms with van der Waals surface area (Å²) < 4.78 is 64.2. The summed E-state index contributed by atoms with van der Waals surface area (Å²) in [7, 11) is -2.64. The van der Waals surface area contributed by atoms with Gasteiger partial charge in [0.2, 0.25) is 10.0 Å². The first-order valence-corrected chi connectivity index (χ1v) is 8.51. The molecule has 0 bridgehead atoms. The van der Waals surface area contributed by atoms with Gasteiger partial charge in [-0.1, -0.05) is 12.1 Å². The van der Waals surface area contributed by atoms with E-state index < -0.39 is 27.8 Å². The maximum Gasteiger partial charge on any atom is 0.416 e. The van der Waals surface area contributed by atoms with Gasteiger partial charge in [0.15, 0.2) is 0 Å². The zero-order valence-electron chi connectivity index (χ0n) is 13.3. The van der Waals surface area contributed by atoms with E-state index in [0.29, 0.717) is 5.56 Å². The van der Waals surface area contributed by atoms with Crippen molar-refractivity contribution in [2.45, 2.75) is 24.0 Å². The lowest BCUT2D eigenvalue weighted by Gasteiger charge is -2.25. The molecule has 2 rings (SSSR count). The molecule has 0 N–H and O–H groups in total. The second kappa shape index (κ2) is 6.82. The number of rotatable bonds is 4. The molecule has 0 fully saturated rings. The van der Waals surface area contributed by atoms with Gasteiger partial charge in [-0.05, 0) is 30.7 Å². The van der Waals surface area contributed by atoms with Crippen LogP contribution in [0.1, 0.15) is 29.7 Å². The first kappa shape index (κ1) is 18.9. The normalized spacial score (nSPS) is 13.5. The number of benzene rings is 1. The Labute approximate surface area is 143 Å². The van der Waals surface area contributed by atoms with Crippen LogP contribution in [0.5, 0.6) is 0 Å². The van der Waals surface area contributed by atoms with Crippen molar-refractivity contribution < 1.29 is 21.6 Å². The molecule has 0 radical (unpaired) electrons. The molecule has 0 saturated heterocycles. The molecule has 0 aliphatic heterocycles. The number of nitriles is 1. The highest BCUT2D eigenvalue weighted by Crippen LogP contribution is 2.31. The number of sulfonamides is 1. The van der Waals surface area contributed by atoms with E-state index in [1.807, 2.05) is 6.07 Å². The second-order valence-corrected chi connectivity index (χ2v) is 7.34. The maximum atomic E-state index is 12.6. The Morgan fingerprint density at radius 2 is 1.80 bits per heavy atom. The molecular weight excluding hydrogens is 355 g/mol. The molecule has 1 aromatic heterocycles. The van der Waals surface area contributed by atoms with Gasteiger partial charge in [0.25, 0.3) is 0 Å². The fraction of sp³-hybridized carbons (Fsp3) is 0.250. The maximum absolute atomic E-state index is 12.6. The van der Waals surface area contributed by atoms with Gasteiger partial charge in [-0.25, -0.2) is 8.42 Å². The molecule has 1 aromatic carbocycles. The number of alkyl halides is 3. The summed E-state index contributed by atoms with van der Waals surface area (Å²) in [5, 5.41) is 8.85. The Kier molecular flexibility index (Phi) is 5.15. The minimum absolute atomic E-state index is 0.0941. The van der Waals surface area contributed by atoms with Crippen LogP contribution in [0, 0.1) is 11.3 Å². The van der Waals surface area contributed by atoms with Gasteiger partial charge in [0.05, 0.1) is 11.1 Å². The van der Waals surface area contributed by atoms with Crippen molar-refractivity contribution in [3.63, 3.8) is 0 Å². The lowest BCUT2D eigenvalue weighted by Crippen LogP contribution is -2.30. The predicted octanol–water partition coefficient (Wildman–Crippen LogP) is 3.35. The molecule has 1 atom stereocenters. The van der Waals surface area contributed by atoms with Crippen LogP contribution < -0.4 is 0 Å². The van der Waals surface area contributed by atoms with Gasteiger partial charge in [-0.15, -0.1) is 0 Å². The molecule has 1 heterocycles. The van der Waals surface area contributed by atoms with E-state index in [0.717, 1.165) is 22.6 Å². The van der Waals surface area contributed by atoms with Crippen LogP contribution in [-0.4, -0.2) is 24.8 Å². The zero-order chi connectivity index (χ0) is 18.8. The van der Waals surface area contributed by atoms with E-state index >= 15 is 0 Å². The van der Waals surface area contributed by atoms with Gasteiger partial charge >= 0.3 is 6.18 Å². The highest BCUT2D eigenvalue weighted by molar-refractivity contribution is 7.89. The molecule has 0 saturated carbocycles. The van der Waals surface area contributed by atoms with E-state index in [9.17, 15) is 21.6 Å². The number of hydrogen-bond donors (Lipinski definition) is 0. The number of hydrogen-bond acceptors (Lipinski definition) is 4. The van der Waals surface area contributed by atoms with Crippen molar-refractivity contribution in [1.82, 2.24) is 9.29 Å². The number of pyridine rings is 1. The van der Waals surface area contributed by atoms with Crippen molar-refractivity contribution >= 4 is 10.0 Å². The molecule has 9 heteroatoms. The smallest absolute Gasteiger partial charge is 0.262 e. The molecule has 0 aliphatic carbocycles. The van der Waals surface area contributed by atoms with Gasteiger partial charge < -0.3 is 0 Å². The average molecular weight is 369 g/mol. The van der Waals surface area contributed by atoms with Gasteiger partial charge in [-0.2, -0.15) is 22.7 Å². The van der Waals surface area contributed by atoms with Gasteiger partial charge in [0, 0.05) is 25.5 Å². The average Bonchev–Trinajstić information content (AvgIpc) is 2.59. The van der Waals surface area contributed by atoms with E-state index in [4.69, 9.17) is 5.26 Å². The summed E-state index contributed by atoms with van der Waals surface area (Å²) in [6.07, 6.45) is -2.10. The second-order valence-electron chi connectivity index (χ2n) is 5.34. The quantitative estimate of drug-likeness (QED) is 0.828. The summed E-state index contributed by atoms with van der Waals surface area (Å²) in [6.45, 7) is 1.56. The molecule has 132 valence electrons. The highest BCUT2D eigenvalue weighted by atomic mass is 32.2. The molecule has 5 nitrogen and oxygen atoms in total. The van der Waals surface area contributed by atoms with Crippen LogP contribution in [0.3, 0.4) is 0 Å². The summed E-state index contributed by atoms with van der Waals surface area (Å²) in [5.74, 6) is 0. The summed E-state index contributed by atoms with van der Waals surface area (Å²) in [5.41, 5.74) is -0.306. The van der Waals surface area contributed by atoms with Crippen LogP contribution >= 0.6 is 0 Å². The zero-order valence-corrected chi connectivity index (χ0v) is 14.1. The molecular formula is C16H14F3N3O2S. The van der Waals surface area contributed by atoms with Crippen LogP contribution in [0.25, 0.3) is 0 Å². The summed E-state index contributed by atoms with van der Waals surface area (Å²) in [4.78, 5) is 3.56. The monoisotopic (exact) mass is 369 g/mol. The van der Waals surface area contributed by atoms with Crippen molar-refractivity contribution in [3.05, 3.63) is 59.4 Å². The molecule has 0 amide bonds. The SMILES string of the molecule is C[C@H](c1ccc(C(F)(F)F)cc1)N(C)S(=O)(=O)c1cncc(C#N)c1. The minimum Gasteiger partial charge on any atom is -0.262 e. The van der Waals surface area contributed by atoms with Crippen molar-refractivity contribution in [1.29, 1.82) is 5.26 Å². The number of nitrogens with zero attached hydrogens (tertiary/aromatic N) is 3. The third-order valence-electron chi connectivity index (χ3n) is 3.79. The lowest BCUT2D eigenvalue weighted by molar-refractivity contribution is -0.137. The Hall–Kier alpha value is -2.44. The minimum atomic E-state index is -4.46. The van der Waals surface area contributed by atoms with Crippen molar-refractivity contribution in [2.24, 2.45) is 0 Å². The lowest BCUT2D eigenvalue weighted by atomic mass is 10.1. The first-order chi connectivity index (χ1) is 11.6. The third kappa shape index (κ3) is 3.97. The first-order valence-electron chi connectivity index (χ1n) is 7.07. The van der Waals surface area contributed by atoms with Crippen LogP contribution in [-0.2, 0) is 16.2 Å². The summed E-state index contributed by atoms with van der Waals surface area (Å²) in [6, 6.07) is 6.58. The molecule has 0 aliphatic rings. The highest BCUT2D eigenvalue weighted by Gasteiger charge is 2.31.